The zero-order valence-electron chi connectivity index (χ0n) is 7.09. The predicted octanol–water partition coefficient (Wildman–Crippen LogP) is 3.22. The molecule has 0 aliphatic rings. The number of aromatic hydroxyl groups is 1. The number of benzene rings is 1. The number of hydrogen-bond donors (Lipinski definition) is 1. The van der Waals surface area contributed by atoms with Crippen molar-refractivity contribution in [2.45, 2.75) is 13.8 Å². The topological polar surface area (TPSA) is 20.2 Å². The smallest absolute Gasteiger partial charge is 0.127 e. The van der Waals surface area contributed by atoms with Crippen molar-refractivity contribution in [2.75, 3.05) is 0 Å². The van der Waals surface area contributed by atoms with Gasteiger partial charge in [0.05, 0.1) is 0 Å². The Morgan fingerprint density at radius 2 is 2.00 bits per heavy atom. The summed E-state index contributed by atoms with van der Waals surface area (Å²) < 4.78 is 1.19. The van der Waals surface area contributed by atoms with Gasteiger partial charge in [-0.25, -0.2) is 0 Å². The highest BCUT2D eigenvalue weighted by molar-refractivity contribution is 7.17. The Hall–Kier alpha value is -1.02. The van der Waals surface area contributed by atoms with E-state index in [2.05, 4.69) is 6.92 Å². The zero-order chi connectivity index (χ0) is 8.72. The van der Waals surface area contributed by atoms with Crippen molar-refractivity contribution in [1.82, 2.24) is 0 Å². The molecule has 0 bridgehead atoms. The molecule has 0 amide bonds. The van der Waals surface area contributed by atoms with Gasteiger partial charge in [-0.3, -0.25) is 0 Å². The van der Waals surface area contributed by atoms with Crippen molar-refractivity contribution in [2.24, 2.45) is 0 Å². The molecule has 0 atom stereocenters. The molecule has 0 spiro atoms. The van der Waals surface area contributed by atoms with Gasteiger partial charge in [0.1, 0.15) is 5.75 Å². The lowest BCUT2D eigenvalue weighted by Crippen LogP contribution is -1.78. The van der Waals surface area contributed by atoms with Crippen molar-refractivity contribution in [3.8, 4) is 5.75 Å². The Kier molecular flexibility index (Phi) is 1.58. The number of phenols is 1. The molecule has 1 N–H and O–H groups in total. The molecule has 0 saturated carbocycles. The standard InChI is InChI=1S/C10H10OS/c1-6-5-7(2)10-8(9(6)11)3-4-12-10/h3-5,11H,1-2H3. The highest BCUT2D eigenvalue weighted by atomic mass is 32.1. The van der Waals surface area contributed by atoms with Crippen molar-refractivity contribution < 1.29 is 5.11 Å². The van der Waals surface area contributed by atoms with E-state index in [1.807, 2.05) is 24.4 Å². The minimum Gasteiger partial charge on any atom is -0.507 e. The highest BCUT2D eigenvalue weighted by Gasteiger charge is 2.06. The van der Waals surface area contributed by atoms with E-state index in [0.717, 1.165) is 10.9 Å². The Morgan fingerprint density at radius 1 is 1.25 bits per heavy atom. The van der Waals surface area contributed by atoms with Crippen molar-refractivity contribution in [3.05, 3.63) is 28.6 Å². The Bertz CT molecular complexity index is 429. The van der Waals surface area contributed by atoms with Gasteiger partial charge in [-0.2, -0.15) is 0 Å². The molecule has 2 aromatic rings. The summed E-state index contributed by atoms with van der Waals surface area (Å²) in [7, 11) is 0. The largest absolute Gasteiger partial charge is 0.507 e. The minimum absolute atomic E-state index is 0.428. The van der Waals surface area contributed by atoms with Crippen LogP contribution in [-0.4, -0.2) is 5.11 Å². The van der Waals surface area contributed by atoms with Gasteiger partial charge in [0.15, 0.2) is 0 Å². The lowest BCUT2D eigenvalue weighted by Gasteiger charge is -2.02. The average Bonchev–Trinajstić information content (AvgIpc) is 2.48. The van der Waals surface area contributed by atoms with Crippen LogP contribution in [0, 0.1) is 13.8 Å². The molecule has 1 nitrogen and oxygen atoms in total. The average molecular weight is 178 g/mol. The normalized spacial score (nSPS) is 10.8. The van der Waals surface area contributed by atoms with Gasteiger partial charge < -0.3 is 5.11 Å². The third kappa shape index (κ3) is 0.916. The summed E-state index contributed by atoms with van der Waals surface area (Å²) in [5.41, 5.74) is 2.20. The van der Waals surface area contributed by atoms with Crippen molar-refractivity contribution >= 4 is 21.4 Å². The number of phenolic OH excluding ortho intramolecular Hbond substituents is 1. The second-order valence-corrected chi connectivity index (χ2v) is 3.94. The first-order valence-electron chi connectivity index (χ1n) is 3.86. The van der Waals surface area contributed by atoms with E-state index in [1.165, 1.54) is 10.3 Å². The maximum atomic E-state index is 9.68. The van der Waals surface area contributed by atoms with E-state index < -0.39 is 0 Å². The highest BCUT2D eigenvalue weighted by Crippen LogP contribution is 2.34. The van der Waals surface area contributed by atoms with Crippen LogP contribution in [0.4, 0.5) is 0 Å². The summed E-state index contributed by atoms with van der Waals surface area (Å²) in [4.78, 5) is 0. The van der Waals surface area contributed by atoms with Gasteiger partial charge in [0, 0.05) is 10.1 Å². The molecule has 62 valence electrons. The third-order valence-electron chi connectivity index (χ3n) is 2.09. The summed E-state index contributed by atoms with van der Waals surface area (Å²) >= 11 is 1.68. The molecule has 1 aromatic carbocycles. The molecule has 0 fully saturated rings. The maximum absolute atomic E-state index is 9.68. The quantitative estimate of drug-likeness (QED) is 0.656. The Labute approximate surface area is 75.3 Å². The second-order valence-electron chi connectivity index (χ2n) is 3.02. The van der Waals surface area contributed by atoms with Crippen LogP contribution in [-0.2, 0) is 0 Å². The van der Waals surface area contributed by atoms with Crippen LogP contribution >= 0.6 is 11.3 Å². The van der Waals surface area contributed by atoms with Crippen LogP contribution in [0.25, 0.3) is 10.1 Å². The number of thiophene rings is 1. The fourth-order valence-corrected chi connectivity index (χ4v) is 2.35. The molecule has 0 unspecified atom stereocenters. The van der Waals surface area contributed by atoms with Crippen LogP contribution in [0.5, 0.6) is 5.75 Å². The Balaban J connectivity index is 2.97. The molecule has 1 aromatic heterocycles. The molecule has 1 heterocycles. The SMILES string of the molecule is Cc1cc(C)c2sccc2c1O. The lowest BCUT2D eigenvalue weighted by molar-refractivity contribution is 0.477. The molecular weight excluding hydrogens is 168 g/mol. The van der Waals surface area contributed by atoms with Crippen LogP contribution in [0.15, 0.2) is 17.5 Å². The summed E-state index contributed by atoms with van der Waals surface area (Å²) in [5.74, 6) is 0.428. The summed E-state index contributed by atoms with van der Waals surface area (Å²) in [6.45, 7) is 4.00. The summed E-state index contributed by atoms with van der Waals surface area (Å²) in [5, 5.41) is 12.7. The van der Waals surface area contributed by atoms with Crippen LogP contribution in [0.3, 0.4) is 0 Å². The van der Waals surface area contributed by atoms with Gasteiger partial charge in [-0.1, -0.05) is 6.07 Å². The number of aryl methyl sites for hydroxylation is 2. The first-order chi connectivity index (χ1) is 5.70. The van der Waals surface area contributed by atoms with Crippen LogP contribution < -0.4 is 0 Å². The molecule has 2 heteroatoms. The maximum Gasteiger partial charge on any atom is 0.127 e. The first-order valence-corrected chi connectivity index (χ1v) is 4.74. The molecule has 2 rings (SSSR count). The van der Waals surface area contributed by atoms with Gasteiger partial charge in [0.25, 0.3) is 0 Å². The van der Waals surface area contributed by atoms with Gasteiger partial charge in [-0.15, -0.1) is 11.3 Å². The lowest BCUT2D eigenvalue weighted by atomic mass is 10.1. The van der Waals surface area contributed by atoms with Gasteiger partial charge in [-0.05, 0) is 36.4 Å². The zero-order valence-corrected chi connectivity index (χ0v) is 7.90. The van der Waals surface area contributed by atoms with Gasteiger partial charge >= 0.3 is 0 Å². The fourth-order valence-electron chi connectivity index (χ4n) is 1.47. The fraction of sp³-hybridized carbons (Fsp3) is 0.200. The van der Waals surface area contributed by atoms with Crippen molar-refractivity contribution in [1.29, 1.82) is 0 Å². The summed E-state index contributed by atoms with van der Waals surface area (Å²) in [6, 6.07) is 3.99. The third-order valence-corrected chi connectivity index (χ3v) is 3.13. The van der Waals surface area contributed by atoms with E-state index >= 15 is 0 Å². The molecule has 0 aliphatic heterocycles. The first kappa shape index (κ1) is 7.62. The molecule has 0 radical (unpaired) electrons. The van der Waals surface area contributed by atoms with E-state index in [-0.39, 0.29) is 0 Å². The predicted molar refractivity (Wildman–Crippen MR) is 53.0 cm³/mol. The minimum atomic E-state index is 0.428. The number of hydrogen-bond acceptors (Lipinski definition) is 2. The van der Waals surface area contributed by atoms with E-state index in [9.17, 15) is 5.11 Å². The Morgan fingerprint density at radius 3 is 2.75 bits per heavy atom. The molecular formula is C10H10OS. The monoisotopic (exact) mass is 178 g/mol. The summed E-state index contributed by atoms with van der Waals surface area (Å²) in [6.07, 6.45) is 0. The van der Waals surface area contributed by atoms with E-state index in [1.54, 1.807) is 11.3 Å². The van der Waals surface area contributed by atoms with Gasteiger partial charge in [0.2, 0.25) is 0 Å². The van der Waals surface area contributed by atoms with E-state index in [4.69, 9.17) is 0 Å². The van der Waals surface area contributed by atoms with Crippen LogP contribution in [0.2, 0.25) is 0 Å². The molecule has 0 saturated heterocycles. The molecule has 0 aliphatic carbocycles. The second kappa shape index (κ2) is 2.49. The number of rotatable bonds is 0. The van der Waals surface area contributed by atoms with Crippen molar-refractivity contribution in [3.63, 3.8) is 0 Å². The molecule has 12 heavy (non-hydrogen) atoms. The van der Waals surface area contributed by atoms with E-state index in [0.29, 0.717) is 5.75 Å². The van der Waals surface area contributed by atoms with Crippen LogP contribution in [0.1, 0.15) is 11.1 Å². The number of fused-ring (bicyclic) bond motifs is 1.